The molecular formula is C16H23NO. The van der Waals surface area contributed by atoms with Gasteiger partial charge in [-0.3, -0.25) is 0 Å². The third-order valence-corrected chi connectivity index (χ3v) is 3.07. The third-order valence-electron chi connectivity index (χ3n) is 3.07. The summed E-state index contributed by atoms with van der Waals surface area (Å²) in [7, 11) is 0. The predicted octanol–water partition coefficient (Wildman–Crippen LogP) is 4.05. The molecule has 2 heteroatoms. The van der Waals surface area contributed by atoms with Crippen LogP contribution in [0.1, 0.15) is 58.2 Å². The van der Waals surface area contributed by atoms with Crippen LogP contribution in [-0.4, -0.2) is 5.11 Å². The number of hydrogen-bond acceptors (Lipinski definition) is 2. The van der Waals surface area contributed by atoms with Gasteiger partial charge in [0.15, 0.2) is 0 Å². The minimum atomic E-state index is -0.129. The van der Waals surface area contributed by atoms with Crippen molar-refractivity contribution in [3.63, 3.8) is 0 Å². The molecule has 0 aromatic heterocycles. The van der Waals surface area contributed by atoms with E-state index in [-0.39, 0.29) is 10.8 Å². The third kappa shape index (κ3) is 3.04. The zero-order valence-corrected chi connectivity index (χ0v) is 12.3. The molecule has 0 fully saturated rings. The van der Waals surface area contributed by atoms with Gasteiger partial charge in [0.2, 0.25) is 0 Å². The Hall–Kier alpha value is -1.49. The van der Waals surface area contributed by atoms with Crippen molar-refractivity contribution in [1.82, 2.24) is 0 Å². The molecule has 0 aliphatic rings. The van der Waals surface area contributed by atoms with E-state index in [1.54, 1.807) is 0 Å². The van der Waals surface area contributed by atoms with Crippen LogP contribution in [0, 0.1) is 11.3 Å². The quantitative estimate of drug-likeness (QED) is 0.813. The molecule has 2 nitrogen and oxygen atoms in total. The number of phenolic OH excluding ortho intramolecular Hbond substituents is 1. The van der Waals surface area contributed by atoms with Crippen LogP contribution in [-0.2, 0) is 17.3 Å². The van der Waals surface area contributed by atoms with Crippen molar-refractivity contribution in [1.29, 1.82) is 5.26 Å². The van der Waals surface area contributed by atoms with Crippen LogP contribution in [0.15, 0.2) is 12.1 Å². The van der Waals surface area contributed by atoms with Gasteiger partial charge >= 0.3 is 0 Å². The molecule has 18 heavy (non-hydrogen) atoms. The van der Waals surface area contributed by atoms with Gasteiger partial charge in [0.25, 0.3) is 0 Å². The maximum Gasteiger partial charge on any atom is 0.123 e. The van der Waals surface area contributed by atoms with Crippen molar-refractivity contribution in [2.45, 2.75) is 58.8 Å². The van der Waals surface area contributed by atoms with E-state index in [0.717, 1.165) is 16.7 Å². The lowest BCUT2D eigenvalue weighted by molar-refractivity contribution is 0.423. The summed E-state index contributed by atoms with van der Waals surface area (Å²) in [5.74, 6) is 0.372. The molecule has 0 aliphatic heterocycles. The molecule has 1 aromatic carbocycles. The normalized spacial score (nSPS) is 12.3. The Labute approximate surface area is 110 Å². The summed E-state index contributed by atoms with van der Waals surface area (Å²) in [4.78, 5) is 0. The highest BCUT2D eigenvalue weighted by Gasteiger charge is 2.26. The van der Waals surface area contributed by atoms with Crippen molar-refractivity contribution in [2.75, 3.05) is 0 Å². The Kier molecular flexibility index (Phi) is 3.76. The highest BCUT2D eigenvalue weighted by Crippen LogP contribution is 2.39. The lowest BCUT2D eigenvalue weighted by atomic mass is 9.78. The number of rotatable bonds is 1. The van der Waals surface area contributed by atoms with E-state index in [0.29, 0.717) is 12.2 Å². The Morgan fingerprint density at radius 2 is 1.39 bits per heavy atom. The average molecular weight is 247 g/mol. The fourth-order valence-corrected chi connectivity index (χ4v) is 2.03. The highest BCUT2D eigenvalue weighted by molar-refractivity contribution is 5.50. The standard InChI is InChI=1S/C16H23NO/c1-15(2,3)12-9-11(7-8-17)10-13(14(12)18)16(4,5)6/h9-10,18H,7H2,1-6H3/i8+2. The number of phenols is 1. The van der Waals surface area contributed by atoms with Crippen molar-refractivity contribution in [2.24, 2.45) is 0 Å². The Morgan fingerprint density at radius 1 is 1.00 bits per heavy atom. The molecule has 0 aliphatic carbocycles. The number of nitriles is 1. The summed E-state index contributed by atoms with van der Waals surface area (Å²) < 4.78 is 0. The van der Waals surface area contributed by atoms with Crippen molar-refractivity contribution in [3.05, 3.63) is 28.8 Å². The molecular weight excluding hydrogens is 224 g/mol. The minimum Gasteiger partial charge on any atom is -0.507 e. The summed E-state index contributed by atoms with van der Waals surface area (Å²) >= 11 is 0. The number of benzene rings is 1. The topological polar surface area (TPSA) is 44.0 Å². The molecule has 1 rings (SSSR count). The Morgan fingerprint density at radius 3 is 1.67 bits per heavy atom. The van der Waals surface area contributed by atoms with Crippen molar-refractivity contribution in [3.8, 4) is 11.8 Å². The smallest absolute Gasteiger partial charge is 0.123 e. The molecule has 0 radical (unpaired) electrons. The maximum absolute atomic E-state index is 10.5. The molecule has 0 bridgehead atoms. The lowest BCUT2D eigenvalue weighted by Crippen LogP contribution is -2.17. The van der Waals surface area contributed by atoms with Crippen LogP contribution in [0.5, 0.6) is 5.75 Å². The van der Waals surface area contributed by atoms with E-state index in [1.165, 1.54) is 0 Å². The second kappa shape index (κ2) is 4.65. The summed E-state index contributed by atoms with van der Waals surface area (Å²) in [6.07, 6.45) is 0.381. The zero-order valence-electron chi connectivity index (χ0n) is 12.3. The first-order chi connectivity index (χ1) is 8.07. The van der Waals surface area contributed by atoms with Gasteiger partial charge in [0.05, 0.1) is 12.5 Å². The number of nitrogens with zero attached hydrogens (tertiary/aromatic N) is 1. The van der Waals surface area contributed by atoms with Crippen LogP contribution in [0.2, 0.25) is 0 Å². The van der Waals surface area contributed by atoms with Gasteiger partial charge in [0.1, 0.15) is 5.75 Å². The van der Waals surface area contributed by atoms with Crippen LogP contribution in [0.4, 0.5) is 0 Å². The van der Waals surface area contributed by atoms with Gasteiger partial charge in [-0.15, -0.1) is 0 Å². The van der Waals surface area contributed by atoms with Crippen molar-refractivity contribution >= 4 is 0 Å². The SMILES string of the molecule is CC(C)(C)c1cc(C[14C]#N)cc(C(C)(C)C)c1O. The molecule has 1 N–H and O–H groups in total. The maximum atomic E-state index is 10.5. The van der Waals surface area contributed by atoms with Crippen LogP contribution in [0.3, 0.4) is 0 Å². The monoisotopic (exact) mass is 247 g/mol. The second-order valence-corrected chi connectivity index (χ2v) is 6.87. The summed E-state index contributed by atoms with van der Waals surface area (Å²) in [6.45, 7) is 12.4. The highest BCUT2D eigenvalue weighted by atomic mass is 16.3. The van der Waals surface area contributed by atoms with Crippen molar-refractivity contribution < 1.29 is 5.11 Å². The van der Waals surface area contributed by atoms with Crippen LogP contribution >= 0.6 is 0 Å². The molecule has 1 aromatic rings. The Bertz CT molecular complexity index is 446. The number of hydrogen-bond donors (Lipinski definition) is 1. The van der Waals surface area contributed by atoms with Gasteiger partial charge in [-0.2, -0.15) is 5.26 Å². The molecule has 0 amide bonds. The van der Waals surface area contributed by atoms with E-state index in [9.17, 15) is 5.11 Å². The van der Waals surface area contributed by atoms with Gasteiger partial charge in [-0.1, -0.05) is 53.7 Å². The number of aromatic hydroxyl groups is 1. The first kappa shape index (κ1) is 14.6. The lowest BCUT2D eigenvalue weighted by Gasteiger charge is -2.28. The average Bonchev–Trinajstić information content (AvgIpc) is 2.17. The van der Waals surface area contributed by atoms with Gasteiger partial charge < -0.3 is 5.11 Å². The van der Waals surface area contributed by atoms with E-state index < -0.39 is 0 Å². The molecule has 0 saturated heterocycles. The fraction of sp³-hybridized carbons (Fsp3) is 0.562. The molecule has 98 valence electrons. The molecule has 0 unspecified atom stereocenters. The van der Waals surface area contributed by atoms with E-state index in [4.69, 9.17) is 5.26 Å². The summed E-state index contributed by atoms with van der Waals surface area (Å²) in [5.41, 5.74) is 2.55. The second-order valence-electron chi connectivity index (χ2n) is 6.87. The van der Waals surface area contributed by atoms with Gasteiger partial charge in [-0.25, -0.2) is 0 Å². The predicted molar refractivity (Wildman–Crippen MR) is 74.8 cm³/mol. The molecule has 0 spiro atoms. The van der Waals surface area contributed by atoms with Gasteiger partial charge in [0, 0.05) is 0 Å². The molecule has 0 saturated carbocycles. The Balaban J connectivity index is 3.55. The first-order valence-electron chi connectivity index (χ1n) is 6.31. The summed E-state index contributed by atoms with van der Waals surface area (Å²) in [6, 6.07) is 6.08. The summed E-state index contributed by atoms with van der Waals surface area (Å²) in [5, 5.41) is 19.3. The van der Waals surface area contributed by atoms with E-state index >= 15 is 0 Å². The van der Waals surface area contributed by atoms with E-state index in [1.807, 2.05) is 12.1 Å². The minimum absolute atomic E-state index is 0.129. The van der Waals surface area contributed by atoms with Crippen LogP contribution < -0.4 is 0 Å². The van der Waals surface area contributed by atoms with E-state index in [2.05, 4.69) is 47.6 Å². The van der Waals surface area contributed by atoms with Gasteiger partial charge in [-0.05, 0) is 27.5 Å². The molecule has 0 heterocycles. The fourth-order valence-electron chi connectivity index (χ4n) is 2.03. The largest absolute Gasteiger partial charge is 0.507 e. The molecule has 0 atom stereocenters. The zero-order chi connectivity index (χ0) is 14.1. The first-order valence-corrected chi connectivity index (χ1v) is 6.31. The van der Waals surface area contributed by atoms with Crippen LogP contribution in [0.25, 0.3) is 0 Å².